The highest BCUT2D eigenvalue weighted by Crippen LogP contribution is 2.40. The second kappa shape index (κ2) is 9.02. The van der Waals surface area contributed by atoms with Crippen LogP contribution in [0.1, 0.15) is 39.5 Å². The summed E-state index contributed by atoms with van der Waals surface area (Å²) in [6.45, 7) is 2.14. The van der Waals surface area contributed by atoms with Crippen LogP contribution in [0.25, 0.3) is 0 Å². The fourth-order valence-corrected chi connectivity index (χ4v) is 6.11. The lowest BCUT2D eigenvalue weighted by Crippen LogP contribution is -2.56. The maximum atomic E-state index is 13.2. The smallest absolute Gasteiger partial charge is 0.509 e. The average Bonchev–Trinajstić information content (AvgIpc) is 3.41. The molecule has 6 N–H and O–H groups in total. The molecule has 4 atom stereocenters. The van der Waals surface area contributed by atoms with E-state index in [9.17, 15) is 33.0 Å². The predicted octanol–water partition coefficient (Wildman–Crippen LogP) is -1.31. The standard InChI is InChI=1S/C19H33BN4O9S/c1-12(18(21)6-7-18)23(3)34(30,31)24-9-13(19(22,10-24)15(27)28)5-4-8-20-32-11-17(2,14(25)26)16(29)33-20/h12-13H,4-11,21-22H2,1-3H3,(H,25,26)(H,27,28)/t12?,13-,17?,19-/m0/s1. The Morgan fingerprint density at radius 2 is 1.91 bits per heavy atom. The van der Waals surface area contributed by atoms with Gasteiger partial charge in [0.25, 0.3) is 10.2 Å². The first kappa shape index (κ1) is 26.8. The normalized spacial score (nSPS) is 32.5. The van der Waals surface area contributed by atoms with Gasteiger partial charge in [-0.2, -0.15) is 17.0 Å². The van der Waals surface area contributed by atoms with Crippen molar-refractivity contribution in [1.29, 1.82) is 0 Å². The molecular formula is C19H33BN4O9S. The molecule has 0 aromatic rings. The molecule has 2 aliphatic heterocycles. The Hall–Kier alpha value is -1.78. The summed E-state index contributed by atoms with van der Waals surface area (Å²) in [6.07, 6.45) is 2.18. The topological polar surface area (TPSA) is 203 Å². The summed E-state index contributed by atoms with van der Waals surface area (Å²) in [6, 6.07) is -0.455. The van der Waals surface area contributed by atoms with E-state index in [4.69, 9.17) is 20.8 Å². The Labute approximate surface area is 199 Å². The van der Waals surface area contributed by atoms with Crippen LogP contribution >= 0.6 is 0 Å². The van der Waals surface area contributed by atoms with Crippen molar-refractivity contribution in [2.75, 3.05) is 26.7 Å². The monoisotopic (exact) mass is 504 g/mol. The summed E-state index contributed by atoms with van der Waals surface area (Å²) in [5.74, 6) is -4.25. The van der Waals surface area contributed by atoms with E-state index in [0.29, 0.717) is 19.3 Å². The number of nitrogens with two attached hydrogens (primary N) is 2. The number of carbonyl (C=O) groups excluding carboxylic acids is 1. The summed E-state index contributed by atoms with van der Waals surface area (Å²) in [5.41, 5.74) is 8.21. The summed E-state index contributed by atoms with van der Waals surface area (Å²) in [5, 5.41) is 19.0. The van der Waals surface area contributed by atoms with Crippen LogP contribution in [0.4, 0.5) is 0 Å². The lowest BCUT2D eigenvalue weighted by Gasteiger charge is -2.32. The molecule has 192 valence electrons. The van der Waals surface area contributed by atoms with E-state index in [1.54, 1.807) is 6.92 Å². The van der Waals surface area contributed by atoms with Crippen molar-refractivity contribution in [2.45, 2.75) is 63.0 Å². The minimum absolute atomic E-state index is 0.0812. The highest BCUT2D eigenvalue weighted by molar-refractivity contribution is 7.86. The molecule has 15 heteroatoms. The maximum Gasteiger partial charge on any atom is 0.527 e. The van der Waals surface area contributed by atoms with Crippen LogP contribution in [0.2, 0.25) is 6.32 Å². The maximum absolute atomic E-state index is 13.2. The van der Waals surface area contributed by atoms with Crippen molar-refractivity contribution in [3.05, 3.63) is 0 Å². The molecular weight excluding hydrogens is 471 g/mol. The zero-order valence-corrected chi connectivity index (χ0v) is 20.4. The van der Waals surface area contributed by atoms with Crippen LogP contribution in [0.5, 0.6) is 0 Å². The van der Waals surface area contributed by atoms with Crippen molar-refractivity contribution in [1.82, 2.24) is 8.61 Å². The molecule has 0 aromatic heterocycles. The van der Waals surface area contributed by atoms with Gasteiger partial charge in [-0.15, -0.1) is 0 Å². The summed E-state index contributed by atoms with van der Waals surface area (Å²) < 4.78 is 39.1. The molecule has 13 nitrogen and oxygen atoms in total. The minimum Gasteiger partial charge on any atom is -0.509 e. The van der Waals surface area contributed by atoms with Crippen molar-refractivity contribution >= 4 is 35.2 Å². The van der Waals surface area contributed by atoms with Crippen LogP contribution in [0.15, 0.2) is 0 Å². The molecule has 0 spiro atoms. The molecule has 1 aliphatic carbocycles. The Bertz CT molecular complexity index is 961. The SMILES string of the molecule is CC(N(C)S(=O)(=O)N1C[C@H](CCCB2OCC(C)(C(=O)O)C(=O)O2)[C@](N)(C(=O)O)C1)C1(N)CC1. The second-order valence-corrected chi connectivity index (χ2v) is 12.0. The van der Waals surface area contributed by atoms with Gasteiger partial charge in [-0.3, -0.25) is 14.4 Å². The molecule has 3 fully saturated rings. The summed E-state index contributed by atoms with van der Waals surface area (Å²) >= 11 is 0. The largest absolute Gasteiger partial charge is 0.527 e. The number of aliphatic carboxylic acids is 2. The first-order valence-electron chi connectivity index (χ1n) is 11.2. The Morgan fingerprint density at radius 3 is 2.41 bits per heavy atom. The van der Waals surface area contributed by atoms with Crippen LogP contribution < -0.4 is 11.5 Å². The summed E-state index contributed by atoms with van der Waals surface area (Å²) in [4.78, 5) is 35.3. The zero-order valence-electron chi connectivity index (χ0n) is 19.6. The van der Waals surface area contributed by atoms with Gasteiger partial charge >= 0.3 is 25.0 Å². The van der Waals surface area contributed by atoms with Crippen LogP contribution in [-0.4, -0.2) is 96.1 Å². The van der Waals surface area contributed by atoms with Crippen LogP contribution in [-0.2, 0) is 33.9 Å². The van der Waals surface area contributed by atoms with Crippen molar-refractivity contribution in [3.8, 4) is 0 Å². The molecule has 1 saturated carbocycles. The number of hydrogen-bond donors (Lipinski definition) is 4. The Kier molecular flexibility index (Phi) is 7.12. The number of hydrogen-bond acceptors (Lipinski definition) is 9. The first-order valence-corrected chi connectivity index (χ1v) is 12.6. The fourth-order valence-electron chi connectivity index (χ4n) is 4.39. The van der Waals surface area contributed by atoms with E-state index >= 15 is 0 Å². The van der Waals surface area contributed by atoms with E-state index in [1.165, 1.54) is 18.3 Å². The lowest BCUT2D eigenvalue weighted by molar-refractivity contribution is -0.169. The van der Waals surface area contributed by atoms with Gasteiger partial charge in [-0.25, -0.2) is 0 Å². The van der Waals surface area contributed by atoms with E-state index in [-0.39, 0.29) is 32.4 Å². The van der Waals surface area contributed by atoms with Gasteiger partial charge in [-0.1, -0.05) is 6.42 Å². The predicted molar refractivity (Wildman–Crippen MR) is 119 cm³/mol. The third-order valence-corrected chi connectivity index (χ3v) is 9.57. The number of rotatable bonds is 10. The van der Waals surface area contributed by atoms with Gasteiger partial charge in [0.15, 0.2) is 5.41 Å². The molecule has 2 heterocycles. The number of carboxylic acid groups (broad SMARTS) is 2. The lowest BCUT2D eigenvalue weighted by atomic mass is 9.75. The molecule has 34 heavy (non-hydrogen) atoms. The van der Waals surface area contributed by atoms with E-state index in [0.717, 1.165) is 4.31 Å². The summed E-state index contributed by atoms with van der Waals surface area (Å²) in [7, 11) is -3.54. The van der Waals surface area contributed by atoms with E-state index < -0.39 is 63.7 Å². The first-order chi connectivity index (χ1) is 15.6. The average molecular weight is 504 g/mol. The van der Waals surface area contributed by atoms with E-state index in [2.05, 4.69) is 0 Å². The van der Waals surface area contributed by atoms with Gasteiger partial charge in [0.2, 0.25) is 0 Å². The van der Waals surface area contributed by atoms with Gasteiger partial charge in [0, 0.05) is 37.6 Å². The molecule has 0 radical (unpaired) electrons. The van der Waals surface area contributed by atoms with Crippen molar-refractivity contribution in [2.24, 2.45) is 22.8 Å². The molecule has 2 saturated heterocycles. The van der Waals surface area contributed by atoms with Gasteiger partial charge in [0.05, 0.1) is 6.61 Å². The molecule has 0 bridgehead atoms. The van der Waals surface area contributed by atoms with E-state index in [1.807, 2.05) is 0 Å². The number of nitrogens with zero attached hydrogens (tertiary/aromatic N) is 2. The molecule has 0 amide bonds. The van der Waals surface area contributed by atoms with Crippen molar-refractivity contribution < 1.29 is 42.3 Å². The Morgan fingerprint density at radius 1 is 1.29 bits per heavy atom. The van der Waals surface area contributed by atoms with Gasteiger partial charge < -0.3 is 31.0 Å². The highest BCUT2D eigenvalue weighted by atomic mass is 32.2. The van der Waals surface area contributed by atoms with Gasteiger partial charge in [0.1, 0.15) is 5.54 Å². The molecule has 2 unspecified atom stereocenters. The molecule has 3 rings (SSSR count). The zero-order chi connectivity index (χ0) is 25.7. The second-order valence-electron chi connectivity index (χ2n) is 9.98. The van der Waals surface area contributed by atoms with Crippen LogP contribution in [0, 0.1) is 11.3 Å². The highest BCUT2D eigenvalue weighted by Gasteiger charge is 2.55. The third kappa shape index (κ3) is 4.69. The number of carboxylic acids is 2. The fraction of sp³-hybridized carbons (Fsp3) is 0.842. The van der Waals surface area contributed by atoms with Gasteiger partial charge in [-0.05, 0) is 39.4 Å². The Balaban J connectivity index is 1.62. The third-order valence-electron chi connectivity index (χ3n) is 7.60. The number of likely N-dealkylation sites (N-methyl/N-ethyl adjacent to an activating group) is 1. The molecule has 3 aliphatic rings. The minimum atomic E-state index is -4.00. The van der Waals surface area contributed by atoms with Crippen molar-refractivity contribution in [3.63, 3.8) is 0 Å². The quantitative estimate of drug-likeness (QED) is 0.203. The number of carbonyl (C=O) groups is 3. The molecule has 0 aromatic carbocycles. The van der Waals surface area contributed by atoms with Crippen LogP contribution in [0.3, 0.4) is 0 Å².